The number of rotatable bonds is 5. The third-order valence-electron chi connectivity index (χ3n) is 7.68. The summed E-state index contributed by atoms with van der Waals surface area (Å²) in [6.45, 7) is 1.99. The van der Waals surface area contributed by atoms with E-state index in [0.29, 0.717) is 23.2 Å². The van der Waals surface area contributed by atoms with Crippen molar-refractivity contribution < 1.29 is 17.8 Å². The monoisotopic (exact) mass is 563 g/mol. The van der Waals surface area contributed by atoms with Gasteiger partial charge in [-0.25, -0.2) is 4.98 Å². The fourth-order valence-corrected chi connectivity index (χ4v) is 5.80. The number of hydrogen-bond acceptors (Lipinski definition) is 1. The summed E-state index contributed by atoms with van der Waals surface area (Å²) >= 11 is 0. The van der Waals surface area contributed by atoms with E-state index in [2.05, 4.69) is 0 Å². The molecular formula is C41H30N2. The van der Waals surface area contributed by atoms with Gasteiger partial charge in [0.25, 0.3) is 0 Å². The Morgan fingerprint density at radius 3 is 1.79 bits per heavy atom. The molecule has 0 N–H and O–H groups in total. The maximum absolute atomic E-state index is 9.30. The smallest absolute Gasteiger partial charge is 0.114 e. The fraction of sp³-hybridized carbons (Fsp3) is 0.0488. The van der Waals surface area contributed by atoms with E-state index >= 15 is 0 Å². The highest BCUT2D eigenvalue weighted by atomic mass is 15.1. The van der Waals surface area contributed by atoms with Crippen molar-refractivity contribution >= 4 is 32.6 Å². The molecule has 0 amide bonds. The third-order valence-corrected chi connectivity index (χ3v) is 7.68. The van der Waals surface area contributed by atoms with Crippen LogP contribution in [0.3, 0.4) is 0 Å². The minimum absolute atomic E-state index is 0.0340. The van der Waals surface area contributed by atoms with E-state index in [9.17, 15) is 5.48 Å². The van der Waals surface area contributed by atoms with Gasteiger partial charge in [-0.1, -0.05) is 134 Å². The number of para-hydroxylation sites is 2. The first kappa shape index (κ1) is 15.1. The van der Waals surface area contributed by atoms with Crippen LogP contribution in [-0.2, 0) is 6.42 Å². The lowest BCUT2D eigenvalue weighted by molar-refractivity contribution is 0.908. The second-order valence-electron chi connectivity index (χ2n) is 10.1. The zero-order chi connectivity index (χ0) is 40.1. The average Bonchev–Trinajstić information content (AvgIpc) is 3.60. The van der Waals surface area contributed by atoms with Crippen LogP contribution in [-0.4, -0.2) is 9.55 Å². The molecule has 0 radical (unpaired) electrons. The van der Waals surface area contributed by atoms with Gasteiger partial charge in [-0.05, 0) is 79.2 Å². The van der Waals surface area contributed by atoms with Gasteiger partial charge in [0, 0.05) is 12.1 Å². The van der Waals surface area contributed by atoms with Crippen molar-refractivity contribution in [2.24, 2.45) is 0 Å². The molecule has 7 aromatic carbocycles. The second-order valence-corrected chi connectivity index (χ2v) is 10.1. The maximum atomic E-state index is 9.30. The summed E-state index contributed by atoms with van der Waals surface area (Å²) in [5.41, 5.74) is 3.71. The fourth-order valence-electron chi connectivity index (χ4n) is 5.80. The Labute approximate surface area is 269 Å². The molecule has 0 saturated heterocycles. The molecule has 0 spiro atoms. The Morgan fingerprint density at radius 1 is 0.558 bits per heavy atom. The van der Waals surface area contributed by atoms with Crippen LogP contribution in [0.15, 0.2) is 151 Å². The van der Waals surface area contributed by atoms with Crippen LogP contribution in [0.4, 0.5) is 0 Å². The number of nitrogens with zero attached hydrogens (tertiary/aromatic N) is 2. The predicted molar refractivity (Wildman–Crippen MR) is 182 cm³/mol. The predicted octanol–water partition coefficient (Wildman–Crippen LogP) is 10.9. The normalized spacial score (nSPS) is 15.7. The third kappa shape index (κ3) is 4.23. The summed E-state index contributed by atoms with van der Waals surface area (Å²) in [6.07, 6.45) is 0.607. The van der Waals surface area contributed by atoms with Gasteiger partial charge in [0.1, 0.15) is 5.82 Å². The Balaban J connectivity index is 1.51. The molecule has 8 aromatic rings. The van der Waals surface area contributed by atoms with Gasteiger partial charge in [0.05, 0.1) is 28.9 Å². The molecule has 204 valence electrons. The zero-order valence-electron chi connectivity index (χ0n) is 36.0. The van der Waals surface area contributed by atoms with Crippen LogP contribution in [0.5, 0.6) is 0 Å². The topological polar surface area (TPSA) is 17.8 Å². The van der Waals surface area contributed by atoms with Crippen LogP contribution in [0.25, 0.3) is 71.6 Å². The summed E-state index contributed by atoms with van der Waals surface area (Å²) in [7, 11) is 0. The minimum atomic E-state index is -0.531. The molecule has 0 aliphatic carbocycles. The van der Waals surface area contributed by atoms with E-state index in [1.165, 1.54) is 12.1 Å². The highest BCUT2D eigenvalue weighted by Crippen LogP contribution is 2.44. The average molecular weight is 564 g/mol. The number of hydrogen-bond donors (Lipinski definition) is 0. The molecule has 0 saturated carbocycles. The first-order chi connectivity index (χ1) is 26.7. The molecule has 1 heterocycles. The maximum Gasteiger partial charge on any atom is 0.114 e. The van der Waals surface area contributed by atoms with E-state index in [1.807, 2.05) is 47.9 Å². The van der Waals surface area contributed by atoms with Crippen molar-refractivity contribution in [1.82, 2.24) is 9.55 Å². The highest BCUT2D eigenvalue weighted by molar-refractivity contribution is 6.21. The van der Waals surface area contributed by atoms with E-state index in [4.69, 9.17) is 17.3 Å². The number of fused-ring (bicyclic) bond motifs is 3. The Kier molecular flexibility index (Phi) is 3.67. The van der Waals surface area contributed by atoms with Crippen molar-refractivity contribution in [1.29, 1.82) is 0 Å². The first-order valence-electron chi connectivity index (χ1n) is 20.4. The highest BCUT2D eigenvalue weighted by Gasteiger charge is 2.18. The lowest BCUT2D eigenvalue weighted by Gasteiger charge is -2.18. The van der Waals surface area contributed by atoms with Gasteiger partial charge in [0.2, 0.25) is 0 Å². The van der Waals surface area contributed by atoms with Gasteiger partial charge in [-0.2, -0.15) is 0 Å². The van der Waals surface area contributed by atoms with Crippen molar-refractivity contribution in [3.8, 4) is 39.1 Å². The van der Waals surface area contributed by atoms with Crippen molar-refractivity contribution in [2.75, 3.05) is 0 Å². The first-order valence-corrected chi connectivity index (χ1v) is 13.9. The van der Waals surface area contributed by atoms with Gasteiger partial charge in [-0.15, -0.1) is 0 Å². The molecule has 1 aromatic heterocycles. The lowest BCUT2D eigenvalue weighted by Crippen LogP contribution is -2.00. The van der Waals surface area contributed by atoms with Crippen LogP contribution in [0.2, 0.25) is 0 Å². The Morgan fingerprint density at radius 2 is 1.14 bits per heavy atom. The van der Waals surface area contributed by atoms with E-state index < -0.39 is 78.6 Å². The molecule has 43 heavy (non-hydrogen) atoms. The second kappa shape index (κ2) is 10.4. The Bertz CT molecular complexity index is 2880. The summed E-state index contributed by atoms with van der Waals surface area (Å²) < 4.78 is 115. The SMILES string of the molecule is [2H]c1c([2H])c([2H])c(-c2ccc(-c3c4c([2H])c([2H])c([2H])c([2H])c4c(-c4cccc(-n5c(CC)nc6ccccc65)c4)c4c([2H])c([2H])c([2H])c([2H])c34)cc2)c([2H])c1[2H]. The molecule has 2 nitrogen and oxygen atoms in total. The molecule has 0 unspecified atom stereocenters. The molecule has 8 rings (SSSR count). The summed E-state index contributed by atoms with van der Waals surface area (Å²) in [5.74, 6) is 0.782. The van der Waals surface area contributed by atoms with Crippen molar-refractivity contribution in [3.63, 3.8) is 0 Å². The molecule has 0 fully saturated rings. The standard InChI is InChI=1S/C41H30N2/c1-2-39-42-37-21-10-11-22-38(37)43(39)32-16-12-15-31(27-32)41-35-19-8-6-17-33(35)40(34-18-7-9-20-36(34)41)30-25-23-29(24-26-30)28-13-4-3-5-14-28/h3-27H,2H2,1H3/i3D,4D,5D,6D,7D,8D,9D,13D,14D,17D,18D,19D,20D. The van der Waals surface area contributed by atoms with E-state index in [1.54, 1.807) is 24.3 Å². The van der Waals surface area contributed by atoms with Crippen LogP contribution in [0, 0.1) is 0 Å². The zero-order valence-corrected chi connectivity index (χ0v) is 23.0. The molecular weight excluding hydrogens is 520 g/mol. The van der Waals surface area contributed by atoms with Crippen molar-refractivity contribution in [2.45, 2.75) is 13.3 Å². The number of aromatic nitrogens is 2. The number of aryl methyl sites for hydroxylation is 1. The van der Waals surface area contributed by atoms with Crippen LogP contribution < -0.4 is 0 Å². The minimum Gasteiger partial charge on any atom is -0.296 e. The number of benzene rings is 7. The largest absolute Gasteiger partial charge is 0.296 e. The van der Waals surface area contributed by atoms with Crippen molar-refractivity contribution in [3.05, 3.63) is 157 Å². The summed E-state index contributed by atoms with van der Waals surface area (Å²) in [4.78, 5) is 4.81. The van der Waals surface area contributed by atoms with E-state index in [0.717, 1.165) is 16.9 Å². The van der Waals surface area contributed by atoms with Gasteiger partial charge < -0.3 is 0 Å². The quantitative estimate of drug-likeness (QED) is 0.190. The summed E-state index contributed by atoms with van der Waals surface area (Å²) in [6, 6.07) is 15.1. The molecule has 2 heteroatoms. The van der Waals surface area contributed by atoms with Gasteiger partial charge in [-0.3, -0.25) is 4.57 Å². The van der Waals surface area contributed by atoms with Gasteiger partial charge in [0.15, 0.2) is 0 Å². The molecule has 0 bridgehead atoms. The van der Waals surface area contributed by atoms with Crippen LogP contribution in [0.1, 0.15) is 30.6 Å². The molecule has 0 atom stereocenters. The van der Waals surface area contributed by atoms with Crippen LogP contribution >= 0.6 is 0 Å². The molecule has 0 aliphatic heterocycles. The lowest BCUT2D eigenvalue weighted by atomic mass is 9.85. The van der Waals surface area contributed by atoms with Gasteiger partial charge >= 0.3 is 0 Å². The molecule has 0 aliphatic rings. The Hall–Kier alpha value is -5.47. The number of imidazole rings is 1. The summed E-state index contributed by atoms with van der Waals surface area (Å²) in [5, 5.41) is 0.182. The van der Waals surface area contributed by atoms with E-state index in [-0.39, 0.29) is 43.8 Å².